The van der Waals surface area contributed by atoms with Crippen LogP contribution in [0.15, 0.2) is 170 Å². The van der Waals surface area contributed by atoms with E-state index in [0.29, 0.717) is 31.2 Å². The minimum absolute atomic E-state index is 0. The van der Waals surface area contributed by atoms with Crippen molar-refractivity contribution in [3.05, 3.63) is 233 Å². The predicted octanol–water partition coefficient (Wildman–Crippen LogP) is 16.9. The quantitative estimate of drug-likeness (QED) is 0.0336. The first kappa shape index (κ1) is 67.4. The van der Waals surface area contributed by atoms with Gasteiger partial charge in [0, 0.05) is 59.9 Å². The van der Waals surface area contributed by atoms with Gasteiger partial charge in [0.1, 0.15) is 5.88 Å². The van der Waals surface area contributed by atoms with E-state index in [4.69, 9.17) is 23.2 Å². The van der Waals surface area contributed by atoms with Crippen LogP contribution in [-0.4, -0.2) is 65.7 Å². The van der Waals surface area contributed by atoms with Crippen LogP contribution in [0, 0.1) is 13.6 Å². The van der Waals surface area contributed by atoms with E-state index in [0.717, 1.165) is 21.5 Å². The second kappa shape index (κ2) is 29.9. The van der Waals surface area contributed by atoms with Crippen molar-refractivity contribution < 1.29 is 44.4 Å². The minimum atomic E-state index is -3.10. The molecule has 0 aromatic heterocycles. The van der Waals surface area contributed by atoms with E-state index in [1.54, 1.807) is 42.5 Å². The van der Waals surface area contributed by atoms with Crippen LogP contribution in [0.25, 0.3) is 44.5 Å². The average Bonchev–Trinajstić information content (AvgIpc) is 4.30. The fraction of sp³-hybridized carbons (Fsp3) is 0.164. The molecule has 0 bridgehead atoms. The van der Waals surface area contributed by atoms with Crippen molar-refractivity contribution in [1.29, 1.82) is 0 Å². The molecule has 0 radical (unpaired) electrons. The molecule has 18 heteroatoms. The Morgan fingerprint density at radius 3 is 1.34 bits per heavy atom. The Kier molecular flexibility index (Phi) is 25.5. The van der Waals surface area contributed by atoms with Crippen molar-refractivity contribution in [2.24, 2.45) is 0 Å². The summed E-state index contributed by atoms with van der Waals surface area (Å²) in [7, 11) is 2.91. The number of carbonyl (C=O) groups is 2. The minimum Gasteiger partial charge on any atom is -1.00 e. The summed E-state index contributed by atoms with van der Waals surface area (Å²) >= 11 is 28.5. The van der Waals surface area contributed by atoms with Crippen LogP contribution >= 0.6 is 132 Å². The van der Waals surface area contributed by atoms with Gasteiger partial charge in [-0.15, -0.1) is 23.2 Å². The molecule has 4 aliphatic carbocycles. The molecule has 0 saturated carbocycles. The standard InChI is InChI=1S/C15H8BrClF2O.C13H6BrF2I.C13H8BrI.C13H9Br.C4H8ClNO2.C3H7.ClH.Mg/c16-9-2-4-11-10-3-1-8(14(20)7-17)5-12(10)15(18,19)13(11)6-9;14-7-1-3-9-10-4-2-8(17)6-12(10)13(15,16)11(9)5-7;14-10-1-3-12-8(6-10)5-9-7-11(15)2-4-13(9)12;14-11-5-6-13-10(8-11)7-9-3-1-2-4-12(9)13;1-6(8-2)4(7)3-5;1-3-2;;/h1-6H,7H2;1-6H;1-4,6-7H,5H2;1-6,8H,7H2;3H2,1-2H3;3H,1-2H3;1H;/q;;;;;-1;;+2/p-1. The van der Waals surface area contributed by atoms with E-state index >= 15 is 0 Å². The summed E-state index contributed by atoms with van der Waals surface area (Å²) < 4.78 is 63.3. The van der Waals surface area contributed by atoms with Gasteiger partial charge in [0.2, 0.25) is 0 Å². The number of carbonyl (C=O) groups excluding carboxylic acids is 2. The number of halogens is 13. The maximum Gasteiger partial charge on any atom is 2.00 e. The van der Waals surface area contributed by atoms with Gasteiger partial charge in [-0.2, -0.15) is 31.4 Å². The van der Waals surface area contributed by atoms with Crippen LogP contribution in [-0.2, 0) is 34.3 Å². The number of nitrogens with zero attached hydrogens (tertiary/aromatic N) is 1. The van der Waals surface area contributed by atoms with Gasteiger partial charge in [-0.1, -0.05) is 137 Å². The SMILES string of the molecule is Brc1ccc2c(c1)Cc1cc(I)ccc1-2.Brc1ccc2c(c1)Cc1ccccc1-2.CON(C)C(=O)CCl.C[CH-]C.FC1(F)c2cc(Br)ccc2-c2ccc(I)cc21.O=C(CCl)c1ccc2c(c1)C(F)(F)c1cc(Br)ccc1-2.[Cl-].[Mg+2]. The van der Waals surface area contributed by atoms with Gasteiger partial charge in [0.05, 0.1) is 13.0 Å². The molecule has 0 heterocycles. The molecule has 8 aromatic carbocycles. The van der Waals surface area contributed by atoms with Crippen LogP contribution in [0.5, 0.6) is 0 Å². The van der Waals surface area contributed by atoms with Crippen molar-refractivity contribution in [2.45, 2.75) is 38.5 Å². The molecule has 0 atom stereocenters. The van der Waals surface area contributed by atoms with E-state index in [2.05, 4.69) is 193 Å². The zero-order chi connectivity index (χ0) is 55.9. The third-order valence-corrected chi connectivity index (χ3v) is 16.4. The fourth-order valence-corrected chi connectivity index (χ4v) is 12.0. The number of hydrogen-bond acceptors (Lipinski definition) is 3. The van der Waals surface area contributed by atoms with Crippen molar-refractivity contribution in [3.63, 3.8) is 0 Å². The Hall–Kier alpha value is -2.40. The number of ketones is 1. The summed E-state index contributed by atoms with van der Waals surface area (Å²) in [5, 5.41) is 1.08. The van der Waals surface area contributed by atoms with E-state index < -0.39 is 11.8 Å². The molecule has 0 saturated heterocycles. The number of hydrogen-bond donors (Lipinski definition) is 0. The smallest absolute Gasteiger partial charge is 1.00 e. The number of amides is 1. The molecule has 0 spiro atoms. The van der Waals surface area contributed by atoms with E-state index in [-0.39, 0.29) is 86.7 Å². The summed E-state index contributed by atoms with van der Waals surface area (Å²) in [6.45, 7) is 4.00. The molecule has 4 nitrogen and oxygen atoms in total. The maximum atomic E-state index is 14.5. The number of fused-ring (bicyclic) bond motifs is 12. The second-order valence-electron chi connectivity index (χ2n) is 17.7. The largest absolute Gasteiger partial charge is 2.00 e. The van der Waals surface area contributed by atoms with Gasteiger partial charge in [0.25, 0.3) is 17.8 Å². The van der Waals surface area contributed by atoms with Gasteiger partial charge >= 0.3 is 23.1 Å². The summed E-state index contributed by atoms with van der Waals surface area (Å²) in [5.41, 5.74) is 13.8. The molecule has 79 heavy (non-hydrogen) atoms. The number of hydroxylamine groups is 2. The summed E-state index contributed by atoms with van der Waals surface area (Å²) in [6.07, 6.45) is 4.14. The van der Waals surface area contributed by atoms with Gasteiger partial charge in [0.15, 0.2) is 5.78 Å². The van der Waals surface area contributed by atoms with E-state index in [9.17, 15) is 27.2 Å². The number of Topliss-reactive ketones (excluding diaryl/α,β-unsaturated/α-hetero) is 1. The molecule has 0 aliphatic heterocycles. The van der Waals surface area contributed by atoms with Gasteiger partial charge in [-0.05, 0) is 204 Å². The first-order chi connectivity index (χ1) is 36.7. The van der Waals surface area contributed by atoms with Crippen LogP contribution in [0.3, 0.4) is 0 Å². The Balaban J connectivity index is 0.000000182. The first-order valence-electron chi connectivity index (χ1n) is 23.6. The Labute approximate surface area is 551 Å². The summed E-state index contributed by atoms with van der Waals surface area (Å²) in [6, 6.07) is 47.8. The molecule has 12 rings (SSSR count). The molecule has 1 amide bonds. The van der Waals surface area contributed by atoms with Gasteiger partial charge < -0.3 is 18.8 Å². The molecule has 0 N–H and O–H groups in total. The van der Waals surface area contributed by atoms with Crippen LogP contribution in [0.1, 0.15) is 68.7 Å². The number of alkyl halides is 6. The molecule has 0 fully saturated rings. The molecule has 406 valence electrons. The van der Waals surface area contributed by atoms with Gasteiger partial charge in [-0.25, -0.2) is 5.06 Å². The Morgan fingerprint density at radius 1 is 0.532 bits per heavy atom. The number of benzene rings is 8. The molecular weight excluding hydrogens is 1570 g/mol. The van der Waals surface area contributed by atoms with Crippen molar-refractivity contribution in [2.75, 3.05) is 25.9 Å². The predicted molar refractivity (Wildman–Crippen MR) is 342 cm³/mol. The Morgan fingerprint density at radius 2 is 0.886 bits per heavy atom. The topological polar surface area (TPSA) is 46.6 Å². The summed E-state index contributed by atoms with van der Waals surface area (Å²) in [4.78, 5) is 26.5. The number of rotatable bonds is 4. The van der Waals surface area contributed by atoms with E-state index in [1.165, 1.54) is 95.4 Å². The van der Waals surface area contributed by atoms with E-state index in [1.807, 2.05) is 26.3 Å². The fourth-order valence-electron chi connectivity index (χ4n) is 9.06. The van der Waals surface area contributed by atoms with Crippen LogP contribution < -0.4 is 12.4 Å². The first-order valence-corrected chi connectivity index (χ1v) is 30.0. The average molecular weight is 1620 g/mol. The summed E-state index contributed by atoms with van der Waals surface area (Å²) in [5.74, 6) is -6.85. The molecule has 4 aliphatic rings. The van der Waals surface area contributed by atoms with Crippen molar-refractivity contribution in [3.8, 4) is 44.5 Å². The third kappa shape index (κ3) is 15.7. The third-order valence-electron chi connectivity index (χ3n) is 12.6. The van der Waals surface area contributed by atoms with Crippen LogP contribution in [0.2, 0.25) is 0 Å². The molecular formula is C61H46Br4Cl3F4I2MgNO3. The molecule has 8 aromatic rings. The normalized spacial score (nSPS) is 12.8. The van der Waals surface area contributed by atoms with Crippen molar-refractivity contribution in [1.82, 2.24) is 5.06 Å². The van der Waals surface area contributed by atoms with Gasteiger partial charge in [-0.3, -0.25) is 14.4 Å². The second-order valence-corrected chi connectivity index (χ2v) is 24.4. The zero-order valence-electron chi connectivity index (χ0n) is 42.6. The monoisotopic (exact) mass is 1610 g/mol. The van der Waals surface area contributed by atoms with Crippen LogP contribution in [0.4, 0.5) is 17.6 Å². The Bertz CT molecular complexity index is 3420. The van der Waals surface area contributed by atoms with Crippen molar-refractivity contribution >= 4 is 167 Å². The zero-order valence-corrected chi connectivity index (χ0v) is 57.0. The maximum absolute atomic E-state index is 14.5. The molecule has 0 unspecified atom stereocenters.